The number of carbonyl (C=O) groups is 2. The van der Waals surface area contributed by atoms with E-state index in [1.54, 1.807) is 29.2 Å². The number of nitrogens with zero attached hydrogens (tertiary/aromatic N) is 2. The third-order valence-electron chi connectivity index (χ3n) is 5.38. The second-order valence-corrected chi connectivity index (χ2v) is 9.83. The molecule has 2 aromatic rings. The summed E-state index contributed by atoms with van der Waals surface area (Å²) in [6.45, 7) is 2.39. The molecule has 1 unspecified atom stereocenters. The number of piperazine rings is 1. The highest BCUT2D eigenvalue weighted by atomic mass is 32.2. The molecule has 2 aliphatic heterocycles. The number of carbonyl (C=O) groups excluding carboxylic acids is 2. The molecule has 4 rings (SSSR count). The summed E-state index contributed by atoms with van der Waals surface area (Å²) in [7, 11) is -3.35. The number of para-hydroxylation sites is 2. The molecule has 2 aliphatic rings. The van der Waals surface area contributed by atoms with Gasteiger partial charge in [0.25, 0.3) is 5.91 Å². The van der Waals surface area contributed by atoms with Crippen molar-refractivity contribution in [1.29, 1.82) is 0 Å². The molecule has 0 aromatic heterocycles. The average molecular weight is 460 g/mol. The summed E-state index contributed by atoms with van der Waals surface area (Å²) < 4.78 is 34.8. The standard InChI is InChI=1S/C22H25N3O6S/c1-32(28,29)17-6-4-5-16(13-17)23-21(26)14-24-9-11-25(12-10-24)22(27)20-15-30-18-7-2-3-8-19(18)31-20/h2-8,13,20H,9-12,14-15H2,1H3,(H,23,26). The third kappa shape index (κ3) is 5.20. The zero-order chi connectivity index (χ0) is 22.7. The van der Waals surface area contributed by atoms with Gasteiger partial charge in [-0.25, -0.2) is 8.42 Å². The van der Waals surface area contributed by atoms with E-state index < -0.39 is 15.9 Å². The Morgan fingerprint density at radius 2 is 1.75 bits per heavy atom. The summed E-state index contributed by atoms with van der Waals surface area (Å²) >= 11 is 0. The van der Waals surface area contributed by atoms with Crippen LogP contribution in [0, 0.1) is 0 Å². The van der Waals surface area contributed by atoms with Gasteiger partial charge < -0.3 is 19.7 Å². The van der Waals surface area contributed by atoms with Gasteiger partial charge in [-0.3, -0.25) is 14.5 Å². The Morgan fingerprint density at radius 3 is 2.47 bits per heavy atom. The van der Waals surface area contributed by atoms with Crippen molar-refractivity contribution < 1.29 is 27.5 Å². The zero-order valence-electron chi connectivity index (χ0n) is 17.7. The molecule has 170 valence electrons. The van der Waals surface area contributed by atoms with Crippen LogP contribution in [0.3, 0.4) is 0 Å². The van der Waals surface area contributed by atoms with Crippen LogP contribution in [0.15, 0.2) is 53.4 Å². The van der Waals surface area contributed by atoms with E-state index in [9.17, 15) is 18.0 Å². The first kappa shape index (κ1) is 22.1. The Kier molecular flexibility index (Phi) is 6.33. The first-order valence-corrected chi connectivity index (χ1v) is 12.2. The first-order chi connectivity index (χ1) is 15.3. The third-order valence-corrected chi connectivity index (χ3v) is 6.49. The van der Waals surface area contributed by atoms with Crippen LogP contribution in [0.5, 0.6) is 11.5 Å². The Bertz CT molecular complexity index is 1110. The van der Waals surface area contributed by atoms with E-state index in [4.69, 9.17) is 9.47 Å². The summed E-state index contributed by atoms with van der Waals surface area (Å²) in [5.41, 5.74) is 0.432. The number of anilines is 1. The number of nitrogens with one attached hydrogen (secondary N) is 1. The molecule has 0 spiro atoms. The lowest BCUT2D eigenvalue weighted by Gasteiger charge is -2.36. The number of hydrogen-bond donors (Lipinski definition) is 1. The minimum atomic E-state index is -3.35. The number of ether oxygens (including phenoxy) is 2. The van der Waals surface area contributed by atoms with Gasteiger partial charge >= 0.3 is 0 Å². The minimum absolute atomic E-state index is 0.124. The van der Waals surface area contributed by atoms with Crippen molar-refractivity contribution in [3.05, 3.63) is 48.5 Å². The summed E-state index contributed by atoms with van der Waals surface area (Å²) in [5, 5.41) is 2.73. The molecular formula is C22H25N3O6S. The molecule has 10 heteroatoms. The van der Waals surface area contributed by atoms with E-state index in [-0.39, 0.29) is 29.9 Å². The van der Waals surface area contributed by atoms with E-state index in [1.807, 2.05) is 17.0 Å². The van der Waals surface area contributed by atoms with Crippen LogP contribution in [0.1, 0.15) is 0 Å². The van der Waals surface area contributed by atoms with Crippen LogP contribution in [-0.4, -0.2) is 81.7 Å². The fourth-order valence-electron chi connectivity index (χ4n) is 3.68. The Morgan fingerprint density at radius 1 is 1.03 bits per heavy atom. The van der Waals surface area contributed by atoms with Crippen molar-refractivity contribution >= 4 is 27.3 Å². The predicted molar refractivity (Wildman–Crippen MR) is 118 cm³/mol. The molecule has 0 saturated carbocycles. The van der Waals surface area contributed by atoms with Gasteiger partial charge in [-0.05, 0) is 30.3 Å². The second-order valence-electron chi connectivity index (χ2n) is 7.81. The summed E-state index contributed by atoms with van der Waals surface area (Å²) in [4.78, 5) is 29.1. The zero-order valence-corrected chi connectivity index (χ0v) is 18.5. The van der Waals surface area contributed by atoms with Gasteiger partial charge in [0.2, 0.25) is 12.0 Å². The molecule has 0 bridgehead atoms. The molecule has 0 radical (unpaired) electrons. The van der Waals surface area contributed by atoms with Crippen LogP contribution < -0.4 is 14.8 Å². The van der Waals surface area contributed by atoms with E-state index in [0.717, 1.165) is 6.26 Å². The second kappa shape index (κ2) is 9.17. The highest BCUT2D eigenvalue weighted by Crippen LogP contribution is 2.31. The fraction of sp³-hybridized carbons (Fsp3) is 0.364. The number of sulfone groups is 1. The SMILES string of the molecule is CS(=O)(=O)c1cccc(NC(=O)CN2CCN(C(=O)C3COc4ccccc4O3)CC2)c1. The maximum Gasteiger partial charge on any atom is 0.267 e. The van der Waals surface area contributed by atoms with Gasteiger partial charge in [-0.2, -0.15) is 0 Å². The van der Waals surface area contributed by atoms with E-state index >= 15 is 0 Å². The van der Waals surface area contributed by atoms with Crippen molar-refractivity contribution in [1.82, 2.24) is 9.80 Å². The van der Waals surface area contributed by atoms with E-state index in [1.165, 1.54) is 12.1 Å². The Labute approximate surface area is 186 Å². The Hall–Kier alpha value is -3.11. The fourth-order valence-corrected chi connectivity index (χ4v) is 4.35. The maximum atomic E-state index is 12.8. The van der Waals surface area contributed by atoms with Gasteiger partial charge in [0.15, 0.2) is 21.3 Å². The molecule has 1 atom stereocenters. The number of amides is 2. The lowest BCUT2D eigenvalue weighted by Crippen LogP contribution is -2.54. The van der Waals surface area contributed by atoms with Crippen LogP contribution in [0.2, 0.25) is 0 Å². The molecule has 1 saturated heterocycles. The smallest absolute Gasteiger partial charge is 0.267 e. The summed E-state index contributed by atoms with van der Waals surface area (Å²) in [6.07, 6.45) is 0.444. The number of rotatable bonds is 5. The van der Waals surface area contributed by atoms with E-state index in [0.29, 0.717) is 43.4 Å². The monoisotopic (exact) mass is 459 g/mol. The first-order valence-electron chi connectivity index (χ1n) is 10.3. The van der Waals surface area contributed by atoms with Crippen molar-refractivity contribution in [3.8, 4) is 11.5 Å². The Balaban J connectivity index is 1.26. The van der Waals surface area contributed by atoms with Gasteiger partial charge in [-0.1, -0.05) is 18.2 Å². The highest BCUT2D eigenvalue weighted by molar-refractivity contribution is 7.90. The average Bonchev–Trinajstić information content (AvgIpc) is 2.78. The lowest BCUT2D eigenvalue weighted by atomic mass is 10.2. The molecule has 1 fully saturated rings. The van der Waals surface area contributed by atoms with Crippen molar-refractivity contribution in [3.63, 3.8) is 0 Å². The predicted octanol–water partition coefficient (Wildman–Crippen LogP) is 1.01. The van der Waals surface area contributed by atoms with Crippen LogP contribution in [0.4, 0.5) is 5.69 Å². The number of fused-ring (bicyclic) bond motifs is 1. The van der Waals surface area contributed by atoms with E-state index in [2.05, 4.69) is 5.32 Å². The van der Waals surface area contributed by atoms with Gasteiger partial charge in [0.1, 0.15) is 6.61 Å². The molecule has 2 amide bonds. The van der Waals surface area contributed by atoms with Gasteiger partial charge in [-0.15, -0.1) is 0 Å². The minimum Gasteiger partial charge on any atom is -0.485 e. The molecule has 2 aromatic carbocycles. The quantitative estimate of drug-likeness (QED) is 0.712. The summed E-state index contributed by atoms with van der Waals surface area (Å²) in [5.74, 6) is 0.832. The highest BCUT2D eigenvalue weighted by Gasteiger charge is 2.32. The van der Waals surface area contributed by atoms with Crippen molar-refractivity contribution in [2.75, 3.05) is 50.9 Å². The van der Waals surface area contributed by atoms with Crippen molar-refractivity contribution in [2.24, 2.45) is 0 Å². The lowest BCUT2D eigenvalue weighted by molar-refractivity contribution is -0.143. The van der Waals surface area contributed by atoms with Gasteiger partial charge in [0, 0.05) is 38.1 Å². The van der Waals surface area contributed by atoms with Gasteiger partial charge in [0.05, 0.1) is 11.4 Å². The largest absolute Gasteiger partial charge is 0.485 e. The van der Waals surface area contributed by atoms with Crippen molar-refractivity contribution in [2.45, 2.75) is 11.0 Å². The summed E-state index contributed by atoms with van der Waals surface area (Å²) in [6, 6.07) is 13.4. The number of benzene rings is 2. The van der Waals surface area contributed by atoms with Crippen LogP contribution in [0.25, 0.3) is 0 Å². The number of hydrogen-bond acceptors (Lipinski definition) is 7. The molecule has 2 heterocycles. The molecular weight excluding hydrogens is 434 g/mol. The van der Waals surface area contributed by atoms with Crippen LogP contribution >= 0.6 is 0 Å². The molecule has 9 nitrogen and oxygen atoms in total. The molecule has 32 heavy (non-hydrogen) atoms. The molecule has 0 aliphatic carbocycles. The van der Waals surface area contributed by atoms with Crippen LogP contribution in [-0.2, 0) is 19.4 Å². The molecule has 1 N–H and O–H groups in total. The normalized spacial score (nSPS) is 18.8. The topological polar surface area (TPSA) is 105 Å². The maximum absolute atomic E-state index is 12.8.